The van der Waals surface area contributed by atoms with Crippen LogP contribution in [-0.2, 0) is 23.0 Å². The summed E-state index contributed by atoms with van der Waals surface area (Å²) in [5.74, 6) is 0.0690. The summed E-state index contributed by atoms with van der Waals surface area (Å²) in [5, 5.41) is 12.6. The van der Waals surface area contributed by atoms with E-state index < -0.39 is 9.84 Å². The Kier molecular flexibility index (Phi) is 3.05. The number of nitrogens with zero attached hydrogens (tertiary/aromatic N) is 2. The Hall–Kier alpha value is -0.880. The first-order chi connectivity index (χ1) is 6.01. The molecule has 0 bridgehead atoms. The maximum atomic E-state index is 10.8. The molecule has 0 unspecified atom stereocenters. The van der Waals surface area contributed by atoms with E-state index in [4.69, 9.17) is 5.11 Å². The average molecular weight is 204 g/mol. The predicted octanol–water partition coefficient (Wildman–Crippen LogP) is -0.580. The van der Waals surface area contributed by atoms with Crippen LogP contribution in [0.25, 0.3) is 0 Å². The predicted molar refractivity (Wildman–Crippen MR) is 47.9 cm³/mol. The SMILES string of the molecule is CS(=O)(=O)CCn1cc(CO)cn1. The highest BCUT2D eigenvalue weighted by atomic mass is 32.2. The largest absolute Gasteiger partial charge is 0.392 e. The van der Waals surface area contributed by atoms with E-state index in [0.717, 1.165) is 0 Å². The normalized spacial score (nSPS) is 11.8. The molecule has 0 atom stereocenters. The Balaban J connectivity index is 2.55. The number of aliphatic hydroxyl groups is 1. The number of hydrogen-bond donors (Lipinski definition) is 1. The van der Waals surface area contributed by atoms with Crippen LogP contribution in [0.2, 0.25) is 0 Å². The number of sulfone groups is 1. The van der Waals surface area contributed by atoms with Crippen molar-refractivity contribution in [2.24, 2.45) is 0 Å². The van der Waals surface area contributed by atoms with Gasteiger partial charge in [-0.2, -0.15) is 5.10 Å². The lowest BCUT2D eigenvalue weighted by Gasteiger charge is -1.98. The van der Waals surface area contributed by atoms with Crippen LogP contribution >= 0.6 is 0 Å². The summed E-state index contributed by atoms with van der Waals surface area (Å²) >= 11 is 0. The first-order valence-corrected chi connectivity index (χ1v) is 5.87. The maximum Gasteiger partial charge on any atom is 0.149 e. The number of aryl methyl sites for hydroxylation is 1. The lowest BCUT2D eigenvalue weighted by atomic mass is 10.4. The van der Waals surface area contributed by atoms with Gasteiger partial charge in [-0.05, 0) is 0 Å². The summed E-state index contributed by atoms with van der Waals surface area (Å²) in [6.07, 6.45) is 4.33. The molecular formula is C7H12N2O3S. The second-order valence-electron chi connectivity index (χ2n) is 2.90. The van der Waals surface area contributed by atoms with Crippen LogP contribution in [0.5, 0.6) is 0 Å². The summed E-state index contributed by atoms with van der Waals surface area (Å²) in [4.78, 5) is 0. The van der Waals surface area contributed by atoms with E-state index in [1.54, 1.807) is 6.20 Å². The molecule has 5 nitrogen and oxygen atoms in total. The third-order valence-electron chi connectivity index (χ3n) is 1.56. The van der Waals surface area contributed by atoms with Gasteiger partial charge in [-0.3, -0.25) is 4.68 Å². The molecule has 0 aliphatic heterocycles. The zero-order valence-electron chi connectivity index (χ0n) is 7.34. The fraction of sp³-hybridized carbons (Fsp3) is 0.571. The summed E-state index contributed by atoms with van der Waals surface area (Å²) in [7, 11) is -2.94. The second kappa shape index (κ2) is 3.89. The topological polar surface area (TPSA) is 72.2 Å². The Morgan fingerprint density at radius 3 is 2.77 bits per heavy atom. The highest BCUT2D eigenvalue weighted by Crippen LogP contribution is 1.97. The van der Waals surface area contributed by atoms with Gasteiger partial charge in [-0.15, -0.1) is 0 Å². The van der Waals surface area contributed by atoms with Crippen LogP contribution in [0, 0.1) is 0 Å². The molecule has 0 aliphatic rings. The summed E-state index contributed by atoms with van der Waals surface area (Å²) in [5.41, 5.74) is 0.688. The van der Waals surface area contributed by atoms with Crippen LogP contribution in [0.3, 0.4) is 0 Å². The molecule has 0 fully saturated rings. The highest BCUT2D eigenvalue weighted by molar-refractivity contribution is 7.90. The minimum atomic E-state index is -2.94. The van der Waals surface area contributed by atoms with Crippen molar-refractivity contribution in [2.75, 3.05) is 12.0 Å². The van der Waals surface area contributed by atoms with Gasteiger partial charge in [0.15, 0.2) is 0 Å². The second-order valence-corrected chi connectivity index (χ2v) is 5.16. The zero-order valence-corrected chi connectivity index (χ0v) is 8.16. The minimum Gasteiger partial charge on any atom is -0.392 e. The molecule has 0 radical (unpaired) electrons. The molecule has 0 aliphatic carbocycles. The number of aromatic nitrogens is 2. The van der Waals surface area contributed by atoms with E-state index in [1.165, 1.54) is 17.1 Å². The van der Waals surface area contributed by atoms with Crippen LogP contribution in [0.15, 0.2) is 12.4 Å². The molecule has 1 aromatic rings. The van der Waals surface area contributed by atoms with Gasteiger partial charge in [0.1, 0.15) is 9.84 Å². The van der Waals surface area contributed by atoms with Crippen molar-refractivity contribution in [3.05, 3.63) is 18.0 Å². The van der Waals surface area contributed by atoms with Gasteiger partial charge in [0.2, 0.25) is 0 Å². The zero-order chi connectivity index (χ0) is 9.90. The van der Waals surface area contributed by atoms with Crippen LogP contribution in [0.4, 0.5) is 0 Å². The number of aliphatic hydroxyl groups excluding tert-OH is 1. The summed E-state index contributed by atoms with van der Waals surface area (Å²) in [6, 6.07) is 0. The smallest absolute Gasteiger partial charge is 0.149 e. The highest BCUT2D eigenvalue weighted by Gasteiger charge is 2.03. The molecule has 1 heterocycles. The molecule has 1 rings (SSSR count). The van der Waals surface area contributed by atoms with Gasteiger partial charge >= 0.3 is 0 Å². The first-order valence-electron chi connectivity index (χ1n) is 3.81. The lowest BCUT2D eigenvalue weighted by Crippen LogP contribution is -2.11. The van der Waals surface area contributed by atoms with Crippen molar-refractivity contribution in [1.29, 1.82) is 0 Å². The molecule has 13 heavy (non-hydrogen) atoms. The fourth-order valence-corrected chi connectivity index (χ4v) is 1.39. The van der Waals surface area contributed by atoms with Crippen molar-refractivity contribution in [3.8, 4) is 0 Å². The Bertz CT molecular complexity index is 369. The Morgan fingerprint density at radius 2 is 2.31 bits per heavy atom. The Labute approximate surface area is 76.9 Å². The van der Waals surface area contributed by atoms with E-state index in [9.17, 15) is 8.42 Å². The van der Waals surface area contributed by atoms with Crippen molar-refractivity contribution >= 4 is 9.84 Å². The quantitative estimate of drug-likeness (QED) is 0.712. The Morgan fingerprint density at radius 1 is 1.62 bits per heavy atom. The molecule has 1 aromatic heterocycles. The standard InChI is InChI=1S/C7H12N2O3S/c1-13(11,12)3-2-9-5-7(6-10)4-8-9/h4-5,10H,2-3,6H2,1H3. The summed E-state index contributed by atoms with van der Waals surface area (Å²) in [6.45, 7) is 0.262. The lowest BCUT2D eigenvalue weighted by molar-refractivity contribution is 0.281. The first kappa shape index (κ1) is 10.2. The third-order valence-corrected chi connectivity index (χ3v) is 2.48. The van der Waals surface area contributed by atoms with E-state index in [0.29, 0.717) is 12.1 Å². The van der Waals surface area contributed by atoms with Crippen LogP contribution < -0.4 is 0 Å². The monoisotopic (exact) mass is 204 g/mol. The van der Waals surface area contributed by atoms with Crippen molar-refractivity contribution < 1.29 is 13.5 Å². The van der Waals surface area contributed by atoms with Gasteiger partial charge in [0.05, 0.1) is 25.1 Å². The maximum absolute atomic E-state index is 10.8. The van der Waals surface area contributed by atoms with Crippen molar-refractivity contribution in [3.63, 3.8) is 0 Å². The molecule has 0 saturated carbocycles. The van der Waals surface area contributed by atoms with E-state index in [-0.39, 0.29) is 12.4 Å². The van der Waals surface area contributed by atoms with Gasteiger partial charge < -0.3 is 5.11 Å². The molecule has 6 heteroatoms. The van der Waals surface area contributed by atoms with Crippen molar-refractivity contribution in [1.82, 2.24) is 9.78 Å². The molecule has 0 spiro atoms. The molecule has 0 aromatic carbocycles. The third kappa shape index (κ3) is 3.56. The molecule has 74 valence electrons. The van der Waals surface area contributed by atoms with E-state index >= 15 is 0 Å². The molecule has 0 amide bonds. The van der Waals surface area contributed by atoms with Gasteiger partial charge in [0.25, 0.3) is 0 Å². The minimum absolute atomic E-state index is 0.0690. The number of hydrogen-bond acceptors (Lipinski definition) is 4. The van der Waals surface area contributed by atoms with Gasteiger partial charge in [0, 0.05) is 18.0 Å². The van der Waals surface area contributed by atoms with Crippen LogP contribution in [-0.4, -0.2) is 35.3 Å². The fourth-order valence-electron chi connectivity index (χ4n) is 0.870. The molecule has 0 saturated heterocycles. The van der Waals surface area contributed by atoms with Gasteiger partial charge in [-0.25, -0.2) is 8.42 Å². The van der Waals surface area contributed by atoms with Crippen LogP contribution in [0.1, 0.15) is 5.56 Å². The van der Waals surface area contributed by atoms with Crippen molar-refractivity contribution in [2.45, 2.75) is 13.2 Å². The summed E-state index contributed by atoms with van der Waals surface area (Å²) < 4.78 is 23.1. The molecular weight excluding hydrogens is 192 g/mol. The van der Waals surface area contributed by atoms with E-state index in [2.05, 4.69) is 5.10 Å². The average Bonchev–Trinajstić information content (AvgIpc) is 2.47. The number of rotatable bonds is 4. The van der Waals surface area contributed by atoms with Gasteiger partial charge in [-0.1, -0.05) is 0 Å². The van der Waals surface area contributed by atoms with E-state index in [1.807, 2.05) is 0 Å². The molecule has 1 N–H and O–H groups in total.